The predicted molar refractivity (Wildman–Crippen MR) is 95.2 cm³/mol. The van der Waals surface area contributed by atoms with Crippen molar-refractivity contribution in [2.75, 3.05) is 36.4 Å². The number of nitrogens with one attached hydrogen (secondary N) is 1. The van der Waals surface area contributed by atoms with Gasteiger partial charge in [-0.25, -0.2) is 19.2 Å². The molecular formula is C18H22FN5O. The number of halogens is 1. The van der Waals surface area contributed by atoms with Gasteiger partial charge in [0.15, 0.2) is 0 Å². The van der Waals surface area contributed by atoms with Gasteiger partial charge in [0.1, 0.15) is 5.82 Å². The lowest BCUT2D eigenvalue weighted by Gasteiger charge is -2.34. The summed E-state index contributed by atoms with van der Waals surface area (Å²) in [6, 6.07) is 5.58. The van der Waals surface area contributed by atoms with Gasteiger partial charge in [0.2, 0.25) is 5.95 Å². The molecule has 0 atom stereocenters. The van der Waals surface area contributed by atoms with Gasteiger partial charge in [-0.3, -0.25) is 0 Å². The van der Waals surface area contributed by atoms with Gasteiger partial charge in [-0.05, 0) is 36.2 Å². The third-order valence-electron chi connectivity index (χ3n) is 4.18. The Kier molecular flexibility index (Phi) is 5.42. The summed E-state index contributed by atoms with van der Waals surface area (Å²) in [5, 5.41) is 2.79. The van der Waals surface area contributed by atoms with Crippen LogP contribution in [0.3, 0.4) is 0 Å². The van der Waals surface area contributed by atoms with Crippen molar-refractivity contribution in [2.24, 2.45) is 0 Å². The molecule has 3 rings (SSSR count). The summed E-state index contributed by atoms with van der Waals surface area (Å²) in [5.74, 6) is 0.384. The Morgan fingerprint density at radius 1 is 1.12 bits per heavy atom. The fourth-order valence-electron chi connectivity index (χ4n) is 2.77. The number of carbonyl (C=O) groups excluding carboxylic acids is 1. The summed E-state index contributed by atoms with van der Waals surface area (Å²) in [4.78, 5) is 25.0. The third-order valence-corrected chi connectivity index (χ3v) is 4.18. The number of urea groups is 1. The van der Waals surface area contributed by atoms with E-state index in [-0.39, 0.29) is 11.8 Å². The normalized spacial score (nSPS) is 14.5. The first kappa shape index (κ1) is 17.1. The summed E-state index contributed by atoms with van der Waals surface area (Å²) >= 11 is 0. The second-order valence-corrected chi connectivity index (χ2v) is 6.05. The first-order valence-electron chi connectivity index (χ1n) is 8.53. The SMILES string of the molecule is CCCc1cnc(N2CCN(C(=O)Nc3ccc(F)cc3)CC2)nc1. The van der Waals surface area contributed by atoms with Crippen LogP contribution in [0.5, 0.6) is 0 Å². The maximum atomic E-state index is 12.9. The van der Waals surface area contributed by atoms with Gasteiger partial charge in [-0.15, -0.1) is 0 Å². The van der Waals surface area contributed by atoms with E-state index in [1.54, 1.807) is 17.0 Å². The summed E-state index contributed by atoms with van der Waals surface area (Å²) in [6.45, 7) is 4.68. The highest BCUT2D eigenvalue weighted by molar-refractivity contribution is 5.89. The zero-order chi connectivity index (χ0) is 17.6. The Bertz CT molecular complexity index is 696. The first-order valence-corrected chi connectivity index (χ1v) is 8.53. The van der Waals surface area contributed by atoms with Gasteiger partial charge < -0.3 is 15.1 Å². The lowest BCUT2D eigenvalue weighted by Crippen LogP contribution is -2.50. The van der Waals surface area contributed by atoms with E-state index in [4.69, 9.17) is 0 Å². The van der Waals surface area contributed by atoms with Crippen molar-refractivity contribution in [1.29, 1.82) is 0 Å². The zero-order valence-corrected chi connectivity index (χ0v) is 14.3. The molecule has 1 aliphatic rings. The molecule has 0 spiro atoms. The molecule has 0 aliphatic carbocycles. The molecule has 1 aromatic carbocycles. The standard InChI is InChI=1S/C18H22FN5O/c1-2-3-14-12-20-17(21-13-14)23-8-10-24(11-9-23)18(25)22-16-6-4-15(19)5-7-16/h4-7,12-13H,2-3,8-11H2,1H3,(H,22,25). The highest BCUT2D eigenvalue weighted by Crippen LogP contribution is 2.14. The molecule has 1 saturated heterocycles. The Labute approximate surface area is 146 Å². The minimum Gasteiger partial charge on any atom is -0.337 e. The predicted octanol–water partition coefficient (Wildman–Crippen LogP) is 2.92. The molecule has 25 heavy (non-hydrogen) atoms. The molecule has 0 saturated carbocycles. The van der Waals surface area contributed by atoms with Crippen LogP contribution in [0.2, 0.25) is 0 Å². The van der Waals surface area contributed by atoms with Crippen LogP contribution in [-0.2, 0) is 6.42 Å². The average Bonchev–Trinajstić information content (AvgIpc) is 2.65. The monoisotopic (exact) mass is 343 g/mol. The van der Waals surface area contributed by atoms with Crippen LogP contribution < -0.4 is 10.2 Å². The fourth-order valence-corrected chi connectivity index (χ4v) is 2.77. The number of rotatable bonds is 4. The number of nitrogens with zero attached hydrogens (tertiary/aromatic N) is 4. The van der Waals surface area contributed by atoms with Gasteiger partial charge in [0.25, 0.3) is 0 Å². The summed E-state index contributed by atoms with van der Waals surface area (Å²) in [6.07, 6.45) is 5.81. The first-order chi connectivity index (χ1) is 12.2. The lowest BCUT2D eigenvalue weighted by atomic mass is 10.2. The van der Waals surface area contributed by atoms with E-state index >= 15 is 0 Å². The second-order valence-electron chi connectivity index (χ2n) is 6.05. The van der Waals surface area contributed by atoms with Crippen LogP contribution >= 0.6 is 0 Å². The number of carbonyl (C=O) groups is 1. The second kappa shape index (κ2) is 7.92. The Morgan fingerprint density at radius 2 is 1.76 bits per heavy atom. The number of anilines is 2. The van der Waals surface area contributed by atoms with Crippen LogP contribution in [0.25, 0.3) is 0 Å². The highest BCUT2D eigenvalue weighted by Gasteiger charge is 2.22. The van der Waals surface area contributed by atoms with Crippen molar-refractivity contribution in [1.82, 2.24) is 14.9 Å². The highest BCUT2D eigenvalue weighted by atomic mass is 19.1. The van der Waals surface area contributed by atoms with Crippen molar-refractivity contribution in [3.63, 3.8) is 0 Å². The molecule has 1 N–H and O–H groups in total. The largest absolute Gasteiger partial charge is 0.337 e. The number of piperazine rings is 1. The van der Waals surface area contributed by atoms with Gasteiger partial charge in [-0.2, -0.15) is 0 Å². The molecule has 1 aliphatic heterocycles. The van der Waals surface area contributed by atoms with Crippen molar-refractivity contribution >= 4 is 17.7 Å². The molecule has 0 bridgehead atoms. The molecule has 0 radical (unpaired) electrons. The van der Waals surface area contributed by atoms with Crippen LogP contribution in [0.1, 0.15) is 18.9 Å². The molecule has 7 heteroatoms. The molecule has 1 aromatic heterocycles. The van der Waals surface area contributed by atoms with Crippen molar-refractivity contribution in [3.05, 3.63) is 48.0 Å². The van der Waals surface area contributed by atoms with E-state index in [1.807, 2.05) is 12.4 Å². The minimum absolute atomic E-state index is 0.175. The molecule has 0 unspecified atom stereocenters. The lowest BCUT2D eigenvalue weighted by molar-refractivity contribution is 0.208. The summed E-state index contributed by atoms with van der Waals surface area (Å²) in [5.41, 5.74) is 1.73. The van der Waals surface area contributed by atoms with Crippen LogP contribution in [0.15, 0.2) is 36.7 Å². The van der Waals surface area contributed by atoms with Crippen LogP contribution in [-0.4, -0.2) is 47.1 Å². The van der Waals surface area contributed by atoms with Gasteiger partial charge >= 0.3 is 6.03 Å². The van der Waals surface area contributed by atoms with Gasteiger partial charge in [-0.1, -0.05) is 13.3 Å². The molecule has 132 valence electrons. The Hall–Kier alpha value is -2.70. The maximum Gasteiger partial charge on any atom is 0.321 e. The topological polar surface area (TPSA) is 61.4 Å². The molecule has 2 aromatic rings. The van der Waals surface area contributed by atoms with E-state index in [2.05, 4.69) is 27.1 Å². The van der Waals surface area contributed by atoms with Crippen molar-refractivity contribution < 1.29 is 9.18 Å². The number of benzene rings is 1. The third kappa shape index (κ3) is 4.43. The molecule has 2 heterocycles. The van der Waals surface area contributed by atoms with Crippen molar-refractivity contribution in [3.8, 4) is 0 Å². The van der Waals surface area contributed by atoms with E-state index < -0.39 is 0 Å². The van der Waals surface area contributed by atoms with Crippen LogP contribution in [0, 0.1) is 5.82 Å². The smallest absolute Gasteiger partial charge is 0.321 e. The number of aryl methyl sites for hydroxylation is 1. The Morgan fingerprint density at radius 3 is 2.36 bits per heavy atom. The van der Waals surface area contributed by atoms with E-state index in [1.165, 1.54) is 12.1 Å². The van der Waals surface area contributed by atoms with E-state index in [0.717, 1.165) is 18.4 Å². The number of hydrogen-bond donors (Lipinski definition) is 1. The number of aromatic nitrogens is 2. The van der Waals surface area contributed by atoms with E-state index in [9.17, 15) is 9.18 Å². The quantitative estimate of drug-likeness (QED) is 0.927. The van der Waals surface area contributed by atoms with Crippen molar-refractivity contribution in [2.45, 2.75) is 19.8 Å². The van der Waals surface area contributed by atoms with Gasteiger partial charge in [0, 0.05) is 44.3 Å². The summed E-state index contributed by atoms with van der Waals surface area (Å²) in [7, 11) is 0. The molecular weight excluding hydrogens is 321 g/mol. The van der Waals surface area contributed by atoms with Gasteiger partial charge in [0.05, 0.1) is 0 Å². The molecule has 1 fully saturated rings. The Balaban J connectivity index is 1.52. The number of hydrogen-bond acceptors (Lipinski definition) is 4. The molecule has 2 amide bonds. The fraction of sp³-hybridized carbons (Fsp3) is 0.389. The van der Waals surface area contributed by atoms with Crippen LogP contribution in [0.4, 0.5) is 20.8 Å². The zero-order valence-electron chi connectivity index (χ0n) is 14.3. The number of amides is 2. The molecule has 6 nitrogen and oxygen atoms in total. The summed E-state index contributed by atoms with van der Waals surface area (Å²) < 4.78 is 12.9. The maximum absolute atomic E-state index is 12.9. The van der Waals surface area contributed by atoms with E-state index in [0.29, 0.717) is 37.8 Å². The average molecular weight is 343 g/mol. The minimum atomic E-state index is -0.323.